The van der Waals surface area contributed by atoms with Gasteiger partial charge in [0.15, 0.2) is 0 Å². The van der Waals surface area contributed by atoms with Crippen molar-refractivity contribution in [2.45, 2.75) is 40.3 Å². The summed E-state index contributed by atoms with van der Waals surface area (Å²) in [7, 11) is -4.06. The lowest BCUT2D eigenvalue weighted by Gasteiger charge is -2.20. The Hall–Kier alpha value is -0.630. The van der Waals surface area contributed by atoms with E-state index in [2.05, 4.69) is 0 Å². The Balaban J connectivity index is 3.42. The Bertz CT molecular complexity index is 460. The van der Waals surface area contributed by atoms with Crippen LogP contribution in [-0.2, 0) is 4.57 Å². The molecule has 0 spiro atoms. The predicted octanol–water partition coefficient (Wildman–Crippen LogP) is 3.16. The molecule has 0 saturated carbocycles. The molecule has 0 amide bonds. The van der Waals surface area contributed by atoms with Gasteiger partial charge in [0.05, 0.1) is 5.66 Å². The normalized spacial score (nSPS) is 13.9. The summed E-state index contributed by atoms with van der Waals surface area (Å²) in [4.78, 5) is 18.5. The molecular weight excluding hydrogens is 223 g/mol. The van der Waals surface area contributed by atoms with Crippen molar-refractivity contribution in [2.24, 2.45) is 0 Å². The van der Waals surface area contributed by atoms with Gasteiger partial charge in [-0.05, 0) is 62.4 Å². The molecule has 1 unspecified atom stereocenters. The molecule has 1 atom stereocenters. The largest absolute Gasteiger partial charge is 0.332 e. The minimum Gasteiger partial charge on any atom is -0.324 e. The van der Waals surface area contributed by atoms with Gasteiger partial charge in [-0.25, -0.2) is 0 Å². The molecule has 0 aliphatic rings. The molecule has 90 valence electrons. The molecular formula is C12H19O3P. The van der Waals surface area contributed by atoms with Crippen molar-refractivity contribution in [1.29, 1.82) is 0 Å². The van der Waals surface area contributed by atoms with Crippen LogP contribution in [0.15, 0.2) is 6.07 Å². The van der Waals surface area contributed by atoms with Crippen LogP contribution in [0.25, 0.3) is 0 Å². The second-order valence-corrected chi connectivity index (χ2v) is 6.38. The van der Waals surface area contributed by atoms with Gasteiger partial charge in [0.2, 0.25) is 0 Å². The smallest absolute Gasteiger partial charge is 0.324 e. The first kappa shape index (κ1) is 13.4. The quantitative estimate of drug-likeness (QED) is 0.783. The van der Waals surface area contributed by atoms with Crippen molar-refractivity contribution < 1.29 is 14.4 Å². The Morgan fingerprint density at radius 1 is 1.06 bits per heavy atom. The van der Waals surface area contributed by atoms with Crippen molar-refractivity contribution in [3.8, 4) is 0 Å². The van der Waals surface area contributed by atoms with Gasteiger partial charge in [0.1, 0.15) is 0 Å². The van der Waals surface area contributed by atoms with Crippen LogP contribution in [0, 0.1) is 27.7 Å². The van der Waals surface area contributed by atoms with Crippen molar-refractivity contribution in [1.82, 2.24) is 0 Å². The first-order valence-corrected chi connectivity index (χ1v) is 6.97. The maximum atomic E-state index is 11.3. The second-order valence-electron chi connectivity index (χ2n) is 4.42. The summed E-state index contributed by atoms with van der Waals surface area (Å²) in [6.45, 7) is 9.50. The highest BCUT2D eigenvalue weighted by atomic mass is 31.2. The Morgan fingerprint density at radius 2 is 1.56 bits per heavy atom. The minimum atomic E-state index is -4.06. The standard InChI is InChI=1S/C12H19O3P/c1-7-6-12(11(5)16(13,14)15)10(4)9(3)8(7)2/h6,11H,1-5H3,(H2,13,14,15). The molecule has 1 aromatic carbocycles. The summed E-state index contributed by atoms with van der Waals surface area (Å²) in [5, 5.41) is 0. The van der Waals surface area contributed by atoms with Crippen molar-refractivity contribution in [3.63, 3.8) is 0 Å². The first-order chi connectivity index (χ1) is 7.16. The van der Waals surface area contributed by atoms with E-state index < -0.39 is 13.3 Å². The molecule has 0 saturated heterocycles. The van der Waals surface area contributed by atoms with Gasteiger partial charge in [-0.15, -0.1) is 0 Å². The van der Waals surface area contributed by atoms with Gasteiger partial charge in [-0.3, -0.25) is 4.57 Å². The highest BCUT2D eigenvalue weighted by Gasteiger charge is 2.27. The highest BCUT2D eigenvalue weighted by molar-refractivity contribution is 7.52. The van der Waals surface area contributed by atoms with E-state index in [0.29, 0.717) is 0 Å². The van der Waals surface area contributed by atoms with Crippen LogP contribution in [0.5, 0.6) is 0 Å². The first-order valence-electron chi connectivity index (χ1n) is 5.28. The number of aryl methyl sites for hydroxylation is 1. The minimum absolute atomic E-state index is 0.731. The Morgan fingerprint density at radius 3 is 2.00 bits per heavy atom. The molecule has 0 heterocycles. The zero-order valence-corrected chi connectivity index (χ0v) is 11.3. The molecule has 0 aromatic heterocycles. The van der Waals surface area contributed by atoms with Crippen molar-refractivity contribution in [3.05, 3.63) is 33.9 Å². The Labute approximate surface area is 96.7 Å². The van der Waals surface area contributed by atoms with Crippen LogP contribution in [0.3, 0.4) is 0 Å². The molecule has 4 heteroatoms. The number of rotatable bonds is 2. The summed E-state index contributed by atoms with van der Waals surface area (Å²) >= 11 is 0. The molecule has 1 rings (SSSR count). The van der Waals surface area contributed by atoms with E-state index in [0.717, 1.165) is 22.3 Å². The van der Waals surface area contributed by atoms with E-state index >= 15 is 0 Å². The van der Waals surface area contributed by atoms with Crippen LogP contribution >= 0.6 is 7.60 Å². The summed E-state index contributed by atoms with van der Waals surface area (Å²) in [5.41, 5.74) is 4.41. The summed E-state index contributed by atoms with van der Waals surface area (Å²) in [6, 6.07) is 1.89. The zero-order chi connectivity index (χ0) is 12.7. The van der Waals surface area contributed by atoms with E-state index in [9.17, 15) is 14.4 Å². The third kappa shape index (κ3) is 2.37. The lowest BCUT2D eigenvalue weighted by Crippen LogP contribution is -2.02. The van der Waals surface area contributed by atoms with E-state index in [1.165, 1.54) is 5.56 Å². The third-order valence-corrected chi connectivity index (χ3v) is 4.76. The fraction of sp³-hybridized carbons (Fsp3) is 0.500. The predicted molar refractivity (Wildman–Crippen MR) is 65.8 cm³/mol. The van der Waals surface area contributed by atoms with Gasteiger partial charge in [0, 0.05) is 0 Å². The number of benzene rings is 1. The van der Waals surface area contributed by atoms with Crippen LogP contribution in [-0.4, -0.2) is 9.79 Å². The molecule has 3 nitrogen and oxygen atoms in total. The fourth-order valence-electron chi connectivity index (χ4n) is 1.86. The van der Waals surface area contributed by atoms with E-state index in [1.54, 1.807) is 6.92 Å². The van der Waals surface area contributed by atoms with Gasteiger partial charge in [0.25, 0.3) is 0 Å². The SMILES string of the molecule is Cc1cc(C(C)P(=O)(O)O)c(C)c(C)c1C. The molecule has 0 aliphatic heterocycles. The van der Waals surface area contributed by atoms with E-state index in [4.69, 9.17) is 0 Å². The molecule has 0 bridgehead atoms. The maximum absolute atomic E-state index is 11.3. The third-order valence-electron chi connectivity index (χ3n) is 3.48. The molecule has 0 fully saturated rings. The zero-order valence-electron chi connectivity index (χ0n) is 10.4. The Kier molecular flexibility index (Phi) is 3.63. The van der Waals surface area contributed by atoms with Crippen LogP contribution < -0.4 is 0 Å². The second kappa shape index (κ2) is 4.33. The maximum Gasteiger partial charge on any atom is 0.332 e. The van der Waals surface area contributed by atoms with Gasteiger partial charge >= 0.3 is 7.60 Å². The van der Waals surface area contributed by atoms with E-state index in [1.807, 2.05) is 33.8 Å². The summed E-state index contributed by atoms with van der Waals surface area (Å²) in [5.74, 6) is 0. The van der Waals surface area contributed by atoms with Crippen molar-refractivity contribution in [2.75, 3.05) is 0 Å². The van der Waals surface area contributed by atoms with Gasteiger partial charge in [-0.2, -0.15) is 0 Å². The molecule has 1 aromatic rings. The van der Waals surface area contributed by atoms with Crippen molar-refractivity contribution >= 4 is 7.60 Å². The van der Waals surface area contributed by atoms with Gasteiger partial charge in [-0.1, -0.05) is 6.07 Å². The van der Waals surface area contributed by atoms with Crippen LogP contribution in [0.2, 0.25) is 0 Å². The topological polar surface area (TPSA) is 57.5 Å². The lowest BCUT2D eigenvalue weighted by molar-refractivity contribution is 0.361. The fourth-order valence-corrected chi connectivity index (χ4v) is 2.49. The van der Waals surface area contributed by atoms with Gasteiger partial charge < -0.3 is 9.79 Å². The lowest BCUT2D eigenvalue weighted by atomic mass is 9.93. The van der Waals surface area contributed by atoms with E-state index in [-0.39, 0.29) is 0 Å². The molecule has 0 radical (unpaired) electrons. The highest BCUT2D eigenvalue weighted by Crippen LogP contribution is 2.52. The molecule has 0 aliphatic carbocycles. The molecule has 2 N–H and O–H groups in total. The number of hydrogen-bond donors (Lipinski definition) is 2. The monoisotopic (exact) mass is 242 g/mol. The average molecular weight is 242 g/mol. The van der Waals surface area contributed by atoms with Crippen LogP contribution in [0.4, 0.5) is 0 Å². The summed E-state index contributed by atoms with van der Waals surface area (Å²) in [6.07, 6.45) is 0. The summed E-state index contributed by atoms with van der Waals surface area (Å²) < 4.78 is 11.3. The number of hydrogen-bond acceptors (Lipinski definition) is 1. The van der Waals surface area contributed by atoms with Crippen LogP contribution in [0.1, 0.15) is 40.4 Å². The average Bonchev–Trinajstić information content (AvgIpc) is 2.18. The molecule has 16 heavy (non-hydrogen) atoms.